The van der Waals surface area contributed by atoms with Crippen LogP contribution in [0.15, 0.2) is 6.20 Å². The van der Waals surface area contributed by atoms with Gasteiger partial charge in [-0.15, -0.1) is 11.3 Å². The standard InChI is InChI=1S/C12H20F3N3S/c1-8(2)16-5-10-6-17-11(19-10)18(9(3)4)7-12(13,14)15/h6,8-9,16H,5,7H2,1-4H3. The molecule has 3 nitrogen and oxygen atoms in total. The number of anilines is 1. The van der Waals surface area contributed by atoms with Crippen molar-refractivity contribution in [2.75, 3.05) is 11.4 Å². The van der Waals surface area contributed by atoms with E-state index in [1.165, 1.54) is 16.2 Å². The summed E-state index contributed by atoms with van der Waals surface area (Å²) >= 11 is 1.30. The molecule has 0 fully saturated rings. The van der Waals surface area contributed by atoms with Gasteiger partial charge in [0, 0.05) is 29.7 Å². The van der Waals surface area contributed by atoms with E-state index in [4.69, 9.17) is 0 Å². The lowest BCUT2D eigenvalue weighted by atomic mass is 10.3. The normalized spacial score (nSPS) is 12.5. The lowest BCUT2D eigenvalue weighted by molar-refractivity contribution is -0.120. The summed E-state index contributed by atoms with van der Waals surface area (Å²) in [7, 11) is 0. The molecule has 0 aromatic carbocycles. The van der Waals surface area contributed by atoms with Crippen molar-refractivity contribution in [1.29, 1.82) is 0 Å². The monoisotopic (exact) mass is 295 g/mol. The average Bonchev–Trinajstić information content (AvgIpc) is 2.69. The molecule has 0 saturated heterocycles. The van der Waals surface area contributed by atoms with E-state index in [-0.39, 0.29) is 6.04 Å². The Balaban J connectivity index is 2.75. The zero-order valence-corrected chi connectivity index (χ0v) is 12.4. The van der Waals surface area contributed by atoms with Crippen LogP contribution in [-0.4, -0.2) is 29.8 Å². The number of alkyl halides is 3. The third-order valence-corrected chi connectivity index (χ3v) is 3.48. The lowest BCUT2D eigenvalue weighted by Crippen LogP contribution is -2.39. The second-order valence-electron chi connectivity index (χ2n) is 4.98. The predicted molar refractivity (Wildman–Crippen MR) is 72.6 cm³/mol. The van der Waals surface area contributed by atoms with Crippen molar-refractivity contribution in [3.8, 4) is 0 Å². The molecule has 1 aromatic heterocycles. The highest BCUT2D eigenvalue weighted by molar-refractivity contribution is 7.15. The molecule has 0 aliphatic rings. The molecule has 0 aliphatic heterocycles. The number of nitrogens with one attached hydrogen (secondary N) is 1. The Kier molecular flexibility index (Phi) is 5.61. The van der Waals surface area contributed by atoms with Gasteiger partial charge in [0.05, 0.1) is 0 Å². The van der Waals surface area contributed by atoms with Crippen LogP contribution in [0.3, 0.4) is 0 Å². The van der Waals surface area contributed by atoms with E-state index in [1.54, 1.807) is 20.0 Å². The van der Waals surface area contributed by atoms with Crippen molar-refractivity contribution in [3.63, 3.8) is 0 Å². The van der Waals surface area contributed by atoms with Crippen molar-refractivity contribution in [2.24, 2.45) is 0 Å². The highest BCUT2D eigenvalue weighted by atomic mass is 32.1. The Morgan fingerprint density at radius 2 is 1.95 bits per heavy atom. The first-order chi connectivity index (χ1) is 8.69. The highest BCUT2D eigenvalue weighted by Gasteiger charge is 2.33. The van der Waals surface area contributed by atoms with Gasteiger partial charge in [0.15, 0.2) is 5.13 Å². The molecule has 0 bridgehead atoms. The number of hydrogen-bond acceptors (Lipinski definition) is 4. The maximum Gasteiger partial charge on any atom is 0.406 e. The maximum atomic E-state index is 12.5. The van der Waals surface area contributed by atoms with Gasteiger partial charge in [0.25, 0.3) is 0 Å². The fourth-order valence-corrected chi connectivity index (χ4v) is 2.47. The van der Waals surface area contributed by atoms with Gasteiger partial charge < -0.3 is 10.2 Å². The van der Waals surface area contributed by atoms with Gasteiger partial charge in [-0.3, -0.25) is 0 Å². The zero-order chi connectivity index (χ0) is 14.6. The zero-order valence-electron chi connectivity index (χ0n) is 11.6. The van der Waals surface area contributed by atoms with E-state index >= 15 is 0 Å². The molecule has 1 N–H and O–H groups in total. The van der Waals surface area contributed by atoms with Crippen molar-refractivity contribution >= 4 is 16.5 Å². The Morgan fingerprint density at radius 1 is 1.32 bits per heavy atom. The largest absolute Gasteiger partial charge is 0.406 e. The van der Waals surface area contributed by atoms with Crippen LogP contribution < -0.4 is 10.2 Å². The number of hydrogen-bond donors (Lipinski definition) is 1. The second-order valence-corrected chi connectivity index (χ2v) is 6.08. The third-order valence-electron chi connectivity index (χ3n) is 2.44. The first-order valence-electron chi connectivity index (χ1n) is 6.20. The Labute approximate surface area is 115 Å². The van der Waals surface area contributed by atoms with Crippen molar-refractivity contribution in [2.45, 2.75) is 52.5 Å². The molecule has 0 radical (unpaired) electrons. The fraction of sp³-hybridized carbons (Fsp3) is 0.750. The predicted octanol–water partition coefficient (Wildman–Crippen LogP) is 3.42. The van der Waals surface area contributed by atoms with Crippen LogP contribution in [0.5, 0.6) is 0 Å². The highest BCUT2D eigenvalue weighted by Crippen LogP contribution is 2.28. The minimum Gasteiger partial charge on any atom is -0.337 e. The Morgan fingerprint density at radius 3 is 2.42 bits per heavy atom. The molecule has 1 aromatic rings. The third kappa shape index (κ3) is 5.78. The molecule has 1 heterocycles. The van der Waals surface area contributed by atoms with Gasteiger partial charge in [0.2, 0.25) is 0 Å². The molecule has 0 atom stereocenters. The topological polar surface area (TPSA) is 28.2 Å². The molecule has 0 amide bonds. The van der Waals surface area contributed by atoms with Gasteiger partial charge >= 0.3 is 6.18 Å². The molecule has 7 heteroatoms. The van der Waals surface area contributed by atoms with Crippen LogP contribution in [0.4, 0.5) is 18.3 Å². The first kappa shape index (κ1) is 16.2. The molecule has 0 unspecified atom stereocenters. The molecule has 110 valence electrons. The van der Waals surface area contributed by atoms with Gasteiger partial charge in [0.1, 0.15) is 6.54 Å². The number of aromatic nitrogens is 1. The summed E-state index contributed by atoms with van der Waals surface area (Å²) in [6.07, 6.45) is -2.58. The van der Waals surface area contributed by atoms with Gasteiger partial charge in [-0.05, 0) is 13.8 Å². The van der Waals surface area contributed by atoms with Gasteiger partial charge in [-0.2, -0.15) is 13.2 Å². The Hall–Kier alpha value is -0.820. The summed E-state index contributed by atoms with van der Waals surface area (Å²) in [5.41, 5.74) is 0. The summed E-state index contributed by atoms with van der Waals surface area (Å²) in [6, 6.07) is 0.0978. The van der Waals surface area contributed by atoms with Crippen LogP contribution >= 0.6 is 11.3 Å². The minimum absolute atomic E-state index is 0.237. The van der Waals surface area contributed by atoms with E-state index in [9.17, 15) is 13.2 Å². The Bertz CT molecular complexity index is 388. The van der Waals surface area contributed by atoms with Crippen LogP contribution in [0.25, 0.3) is 0 Å². The summed E-state index contributed by atoms with van der Waals surface area (Å²) in [4.78, 5) is 6.33. The lowest BCUT2D eigenvalue weighted by Gasteiger charge is -2.27. The molecular formula is C12H20F3N3S. The summed E-state index contributed by atoms with van der Waals surface area (Å²) < 4.78 is 37.6. The summed E-state index contributed by atoms with van der Waals surface area (Å²) in [5, 5.41) is 3.65. The minimum atomic E-state index is -4.22. The molecule has 0 aliphatic carbocycles. The van der Waals surface area contributed by atoms with E-state index in [0.717, 1.165) is 4.88 Å². The number of thiazole rings is 1. The van der Waals surface area contributed by atoms with Gasteiger partial charge in [-0.25, -0.2) is 4.98 Å². The molecule has 0 saturated carbocycles. The van der Waals surface area contributed by atoms with E-state index < -0.39 is 12.7 Å². The van der Waals surface area contributed by atoms with Crippen LogP contribution in [0.1, 0.15) is 32.6 Å². The van der Waals surface area contributed by atoms with Crippen LogP contribution in [0.2, 0.25) is 0 Å². The smallest absolute Gasteiger partial charge is 0.337 e. The van der Waals surface area contributed by atoms with Crippen LogP contribution in [0, 0.1) is 0 Å². The molecular weight excluding hydrogens is 275 g/mol. The fourth-order valence-electron chi connectivity index (χ4n) is 1.48. The van der Waals surface area contributed by atoms with Crippen molar-refractivity contribution in [3.05, 3.63) is 11.1 Å². The van der Waals surface area contributed by atoms with Crippen molar-refractivity contribution < 1.29 is 13.2 Å². The molecule has 1 rings (SSSR count). The molecule has 0 spiro atoms. The quantitative estimate of drug-likeness (QED) is 0.871. The maximum absolute atomic E-state index is 12.5. The number of nitrogens with zero attached hydrogens (tertiary/aromatic N) is 2. The summed E-state index contributed by atoms with van der Waals surface area (Å²) in [5.74, 6) is 0. The molecule has 19 heavy (non-hydrogen) atoms. The van der Waals surface area contributed by atoms with Crippen LogP contribution in [-0.2, 0) is 6.54 Å². The first-order valence-corrected chi connectivity index (χ1v) is 7.02. The number of rotatable bonds is 6. The number of halogens is 3. The second kappa shape index (κ2) is 6.56. The average molecular weight is 295 g/mol. The summed E-state index contributed by atoms with van der Waals surface area (Å²) in [6.45, 7) is 7.18. The van der Waals surface area contributed by atoms with Gasteiger partial charge in [-0.1, -0.05) is 13.8 Å². The van der Waals surface area contributed by atoms with E-state index in [2.05, 4.69) is 10.3 Å². The SMILES string of the molecule is CC(C)NCc1cnc(N(CC(F)(F)F)C(C)C)s1. The van der Waals surface area contributed by atoms with Crippen molar-refractivity contribution in [1.82, 2.24) is 10.3 Å². The van der Waals surface area contributed by atoms with E-state index in [1.807, 2.05) is 13.8 Å². The van der Waals surface area contributed by atoms with E-state index in [0.29, 0.717) is 17.7 Å².